The molecule has 1 aliphatic heterocycles. The summed E-state index contributed by atoms with van der Waals surface area (Å²) in [5, 5.41) is 0. The molecule has 1 saturated heterocycles. The first-order valence-corrected chi connectivity index (χ1v) is 10.2. The van der Waals surface area contributed by atoms with E-state index in [-0.39, 0.29) is 0 Å². The zero-order chi connectivity index (χ0) is 15.0. The first-order chi connectivity index (χ1) is 10.6. The summed E-state index contributed by atoms with van der Waals surface area (Å²) < 4.78 is 6.26. The van der Waals surface area contributed by atoms with Crippen LogP contribution in [0.25, 0.3) is 0 Å². The number of fused-ring (bicyclic) bond motifs is 6. The molecule has 0 N–H and O–H groups in total. The van der Waals surface area contributed by atoms with E-state index in [1.54, 1.807) is 6.42 Å². The van der Waals surface area contributed by atoms with Crippen LogP contribution >= 0.6 is 0 Å². The van der Waals surface area contributed by atoms with E-state index in [9.17, 15) is 0 Å². The minimum absolute atomic E-state index is 0.312. The highest BCUT2D eigenvalue weighted by Crippen LogP contribution is 2.70. The molecule has 124 valence electrons. The summed E-state index contributed by atoms with van der Waals surface area (Å²) in [6, 6.07) is 0. The van der Waals surface area contributed by atoms with Crippen molar-refractivity contribution >= 4 is 0 Å². The summed E-state index contributed by atoms with van der Waals surface area (Å²) >= 11 is 0. The molecule has 0 aromatic heterocycles. The van der Waals surface area contributed by atoms with E-state index in [0.717, 1.165) is 30.3 Å². The van der Waals surface area contributed by atoms with Gasteiger partial charge in [0.2, 0.25) is 0 Å². The molecule has 0 aromatic carbocycles. The van der Waals surface area contributed by atoms with Crippen LogP contribution in [-0.2, 0) is 4.74 Å². The van der Waals surface area contributed by atoms with Crippen LogP contribution in [0.2, 0.25) is 0 Å². The highest BCUT2D eigenvalue weighted by atomic mass is 16.5. The standard InChI is InChI=1S/C21H34O/c1-19-10-4-3-5-15(19)6-7-16-17(19)8-11-20(2)18(16)9-12-21(20)13-14-22-21/h15-18H,3-14H2,1-2H3/t15-,16-,17-,18+,19-,20-,21+/m0/s1. The van der Waals surface area contributed by atoms with Gasteiger partial charge in [0.1, 0.15) is 0 Å². The molecule has 5 fully saturated rings. The maximum Gasteiger partial charge on any atom is 0.0760 e. The van der Waals surface area contributed by atoms with Gasteiger partial charge < -0.3 is 4.74 Å². The van der Waals surface area contributed by atoms with Crippen molar-refractivity contribution in [3.63, 3.8) is 0 Å². The fourth-order valence-electron chi connectivity index (χ4n) is 8.38. The maximum atomic E-state index is 6.26. The Morgan fingerprint density at radius 1 is 0.773 bits per heavy atom. The topological polar surface area (TPSA) is 9.23 Å². The molecule has 4 saturated carbocycles. The first kappa shape index (κ1) is 14.3. The molecule has 1 heterocycles. The Morgan fingerprint density at radius 3 is 2.36 bits per heavy atom. The molecule has 0 amide bonds. The molecule has 0 bridgehead atoms. The van der Waals surface area contributed by atoms with Crippen LogP contribution in [0, 0.1) is 34.5 Å². The van der Waals surface area contributed by atoms with Gasteiger partial charge in [-0.3, -0.25) is 0 Å². The molecule has 1 nitrogen and oxygen atoms in total. The van der Waals surface area contributed by atoms with Crippen LogP contribution in [0.5, 0.6) is 0 Å². The molecule has 0 aromatic rings. The predicted octanol–water partition coefficient (Wildman–Crippen LogP) is 5.58. The zero-order valence-corrected chi connectivity index (χ0v) is 14.7. The lowest BCUT2D eigenvalue weighted by atomic mass is 9.44. The molecule has 1 spiro atoms. The fourth-order valence-corrected chi connectivity index (χ4v) is 8.38. The number of ether oxygens (including phenoxy) is 1. The van der Waals surface area contributed by atoms with Gasteiger partial charge in [0.15, 0.2) is 0 Å². The summed E-state index contributed by atoms with van der Waals surface area (Å²) in [6.07, 6.45) is 16.3. The van der Waals surface area contributed by atoms with Crippen molar-refractivity contribution in [1.29, 1.82) is 0 Å². The Balaban J connectivity index is 1.47. The zero-order valence-electron chi connectivity index (χ0n) is 14.7. The maximum absolute atomic E-state index is 6.26. The van der Waals surface area contributed by atoms with Gasteiger partial charge in [0.05, 0.1) is 12.2 Å². The summed E-state index contributed by atoms with van der Waals surface area (Å²) in [5.41, 5.74) is 1.52. The molecule has 5 rings (SSSR count). The van der Waals surface area contributed by atoms with Crippen molar-refractivity contribution in [2.24, 2.45) is 34.5 Å². The second-order valence-corrected chi connectivity index (χ2v) is 9.99. The molecule has 1 heteroatoms. The van der Waals surface area contributed by atoms with Gasteiger partial charge in [-0.2, -0.15) is 0 Å². The van der Waals surface area contributed by atoms with Crippen LogP contribution < -0.4 is 0 Å². The van der Waals surface area contributed by atoms with Crippen molar-refractivity contribution < 1.29 is 4.74 Å². The first-order valence-electron chi connectivity index (χ1n) is 10.2. The normalized spacial score (nSPS) is 60.3. The van der Waals surface area contributed by atoms with E-state index in [4.69, 9.17) is 4.74 Å². The lowest BCUT2D eigenvalue weighted by Crippen LogP contribution is -2.59. The second kappa shape index (κ2) is 4.52. The molecule has 22 heavy (non-hydrogen) atoms. The predicted molar refractivity (Wildman–Crippen MR) is 89.6 cm³/mol. The molecule has 0 radical (unpaired) electrons. The van der Waals surface area contributed by atoms with Crippen LogP contribution in [0.3, 0.4) is 0 Å². The van der Waals surface area contributed by atoms with E-state index < -0.39 is 0 Å². The quantitative estimate of drug-likeness (QED) is 0.567. The molecule has 4 aliphatic carbocycles. The summed E-state index contributed by atoms with van der Waals surface area (Å²) in [6.45, 7) is 6.35. The van der Waals surface area contributed by atoms with Gasteiger partial charge in [0, 0.05) is 6.42 Å². The number of rotatable bonds is 0. The van der Waals surface area contributed by atoms with Crippen molar-refractivity contribution in [2.45, 2.75) is 90.1 Å². The smallest absolute Gasteiger partial charge is 0.0760 e. The monoisotopic (exact) mass is 302 g/mol. The van der Waals surface area contributed by atoms with Gasteiger partial charge >= 0.3 is 0 Å². The van der Waals surface area contributed by atoms with Crippen LogP contribution in [0.15, 0.2) is 0 Å². The van der Waals surface area contributed by atoms with E-state index in [1.165, 1.54) is 64.2 Å². The van der Waals surface area contributed by atoms with Crippen molar-refractivity contribution in [2.75, 3.05) is 6.61 Å². The molecular formula is C21H34O. The van der Waals surface area contributed by atoms with Crippen LogP contribution in [0.4, 0.5) is 0 Å². The van der Waals surface area contributed by atoms with E-state index in [0.29, 0.717) is 16.4 Å². The third-order valence-electron chi connectivity index (χ3n) is 9.76. The Morgan fingerprint density at radius 2 is 1.59 bits per heavy atom. The third-order valence-corrected chi connectivity index (χ3v) is 9.76. The largest absolute Gasteiger partial charge is 0.374 e. The highest BCUT2D eigenvalue weighted by molar-refractivity contribution is 5.16. The summed E-state index contributed by atoms with van der Waals surface area (Å²) in [7, 11) is 0. The Hall–Kier alpha value is -0.0400. The minimum atomic E-state index is 0.312. The Bertz CT molecular complexity index is 465. The average molecular weight is 303 g/mol. The molecule has 7 atom stereocenters. The second-order valence-electron chi connectivity index (χ2n) is 9.99. The van der Waals surface area contributed by atoms with Gasteiger partial charge in [0.25, 0.3) is 0 Å². The van der Waals surface area contributed by atoms with Gasteiger partial charge in [-0.05, 0) is 85.9 Å². The number of hydrogen-bond donors (Lipinski definition) is 0. The van der Waals surface area contributed by atoms with Gasteiger partial charge in [-0.15, -0.1) is 0 Å². The lowest BCUT2D eigenvalue weighted by molar-refractivity contribution is -0.231. The van der Waals surface area contributed by atoms with Crippen molar-refractivity contribution in [1.82, 2.24) is 0 Å². The molecule has 5 aliphatic rings. The lowest BCUT2D eigenvalue weighted by Gasteiger charge is -2.63. The van der Waals surface area contributed by atoms with Gasteiger partial charge in [-0.1, -0.05) is 26.7 Å². The van der Waals surface area contributed by atoms with Crippen molar-refractivity contribution in [3.8, 4) is 0 Å². The Kier molecular flexibility index (Phi) is 2.94. The van der Waals surface area contributed by atoms with Gasteiger partial charge in [-0.25, -0.2) is 0 Å². The Labute approximate surface area is 136 Å². The van der Waals surface area contributed by atoms with Crippen molar-refractivity contribution in [3.05, 3.63) is 0 Å². The van der Waals surface area contributed by atoms with E-state index in [2.05, 4.69) is 13.8 Å². The van der Waals surface area contributed by atoms with Crippen LogP contribution in [0.1, 0.15) is 84.5 Å². The highest BCUT2D eigenvalue weighted by Gasteiger charge is 2.66. The fraction of sp³-hybridized carbons (Fsp3) is 1.00. The average Bonchev–Trinajstić information content (AvgIpc) is 2.79. The molecular weight excluding hydrogens is 268 g/mol. The van der Waals surface area contributed by atoms with Crippen LogP contribution in [-0.4, -0.2) is 12.2 Å². The SMILES string of the molecule is C[C@]12CCCC[C@H]1CC[C@@H]1[C@H]3CC[C@@]4(CCO4)[C@@]3(C)CC[C@@H]12. The third kappa shape index (κ3) is 1.55. The minimum Gasteiger partial charge on any atom is -0.374 e. The summed E-state index contributed by atoms with van der Waals surface area (Å²) in [4.78, 5) is 0. The van der Waals surface area contributed by atoms with E-state index in [1.807, 2.05) is 0 Å². The number of hydrogen-bond acceptors (Lipinski definition) is 1. The van der Waals surface area contributed by atoms with E-state index >= 15 is 0 Å². The molecule has 0 unspecified atom stereocenters. The summed E-state index contributed by atoms with van der Waals surface area (Å²) in [5.74, 6) is 4.11.